The highest BCUT2D eigenvalue weighted by Crippen LogP contribution is 2.42. The summed E-state index contributed by atoms with van der Waals surface area (Å²) < 4.78 is 5.12. The van der Waals surface area contributed by atoms with Gasteiger partial charge in [-0.25, -0.2) is 0 Å². The lowest BCUT2D eigenvalue weighted by atomic mass is 9.86. The molecule has 0 unspecified atom stereocenters. The molecule has 2 atom stereocenters. The number of amides is 2. The molecule has 7 heteroatoms. The predicted octanol–water partition coefficient (Wildman–Crippen LogP) is 3.54. The van der Waals surface area contributed by atoms with Crippen molar-refractivity contribution in [2.75, 3.05) is 26.8 Å². The van der Waals surface area contributed by atoms with Crippen molar-refractivity contribution in [1.29, 1.82) is 0 Å². The number of halogens is 1. The number of piperazine rings is 1. The van der Waals surface area contributed by atoms with Crippen LogP contribution in [0.2, 0.25) is 5.02 Å². The minimum absolute atomic E-state index is 0.00124. The van der Waals surface area contributed by atoms with E-state index >= 15 is 0 Å². The molecule has 1 saturated heterocycles. The van der Waals surface area contributed by atoms with E-state index < -0.39 is 6.04 Å². The van der Waals surface area contributed by atoms with Gasteiger partial charge in [-0.2, -0.15) is 0 Å². The fraction of sp³-hybridized carbons (Fsp3) is 0.333. The molecule has 2 aromatic carbocycles. The maximum absolute atomic E-state index is 13.5. The molecule has 1 fully saturated rings. The van der Waals surface area contributed by atoms with Crippen LogP contribution >= 0.6 is 11.6 Å². The molecular formula is C24H24ClN3O3. The zero-order valence-electron chi connectivity index (χ0n) is 17.3. The van der Waals surface area contributed by atoms with E-state index in [0.717, 1.165) is 27.7 Å². The second-order valence-corrected chi connectivity index (χ2v) is 8.58. The van der Waals surface area contributed by atoms with E-state index in [4.69, 9.17) is 16.3 Å². The summed E-state index contributed by atoms with van der Waals surface area (Å²) in [7, 11) is 1.64. The third-order valence-electron chi connectivity index (χ3n) is 6.28. The van der Waals surface area contributed by atoms with Crippen LogP contribution in [-0.2, 0) is 20.7 Å². The number of nitrogens with one attached hydrogen (secondary N) is 1. The maximum atomic E-state index is 13.5. The van der Waals surface area contributed by atoms with Gasteiger partial charge in [-0.15, -0.1) is 0 Å². The molecule has 3 heterocycles. The number of hydrogen-bond acceptors (Lipinski definition) is 3. The van der Waals surface area contributed by atoms with Crippen molar-refractivity contribution in [2.24, 2.45) is 0 Å². The number of hydrogen-bond donors (Lipinski definition) is 1. The number of carbonyl (C=O) groups excluding carboxylic acids is 2. The van der Waals surface area contributed by atoms with Gasteiger partial charge in [-0.1, -0.05) is 41.9 Å². The van der Waals surface area contributed by atoms with Gasteiger partial charge in [0.1, 0.15) is 6.04 Å². The van der Waals surface area contributed by atoms with E-state index in [9.17, 15) is 9.59 Å². The number of ether oxygens (including phenoxy) is 1. The van der Waals surface area contributed by atoms with Crippen LogP contribution in [0.5, 0.6) is 0 Å². The van der Waals surface area contributed by atoms with Gasteiger partial charge in [-0.05, 0) is 35.7 Å². The Hall–Kier alpha value is -2.83. The smallest absolute Gasteiger partial charge is 0.246 e. The van der Waals surface area contributed by atoms with Crippen LogP contribution < -0.4 is 0 Å². The van der Waals surface area contributed by atoms with Gasteiger partial charge in [0.15, 0.2) is 0 Å². The fourth-order valence-corrected chi connectivity index (χ4v) is 5.13. The number of para-hydroxylation sites is 1. The van der Waals surface area contributed by atoms with Crippen molar-refractivity contribution in [1.82, 2.24) is 14.8 Å². The Balaban J connectivity index is 1.62. The Morgan fingerprint density at radius 3 is 2.81 bits per heavy atom. The standard InChI is InChI=1S/C24H24ClN3O3/c1-31-11-5-10-27-14-21(29)28-20(24(27)30)13-18-17-8-2-3-9-19(17)26-22(18)23(28)15-6-4-7-16(25)12-15/h2-4,6-9,12,20,23,26H,5,10-11,13-14H2,1H3/t20-,23-/m0/s1. The van der Waals surface area contributed by atoms with E-state index in [1.165, 1.54) is 0 Å². The van der Waals surface area contributed by atoms with Crippen molar-refractivity contribution in [3.05, 3.63) is 70.4 Å². The number of fused-ring (bicyclic) bond motifs is 4. The van der Waals surface area contributed by atoms with Gasteiger partial charge in [0.25, 0.3) is 0 Å². The lowest BCUT2D eigenvalue weighted by Gasteiger charge is -2.47. The van der Waals surface area contributed by atoms with Crippen molar-refractivity contribution < 1.29 is 14.3 Å². The third-order valence-corrected chi connectivity index (χ3v) is 6.52. The SMILES string of the molecule is COCCCN1CC(=O)N2[C@@H](c3cccc(Cl)c3)c3[nH]c4ccccc4c3C[C@H]2C1=O. The van der Waals surface area contributed by atoms with Crippen LogP contribution in [0, 0.1) is 0 Å². The minimum atomic E-state index is -0.528. The molecule has 3 aromatic rings. The molecule has 2 aliphatic rings. The number of carbonyl (C=O) groups is 2. The lowest BCUT2D eigenvalue weighted by molar-refractivity contribution is -0.158. The number of aromatic amines is 1. The third kappa shape index (κ3) is 3.40. The fourth-order valence-electron chi connectivity index (χ4n) is 4.94. The molecule has 6 nitrogen and oxygen atoms in total. The molecule has 0 aliphatic carbocycles. The number of methoxy groups -OCH3 is 1. The van der Waals surface area contributed by atoms with Gasteiger partial charge in [0.05, 0.1) is 12.6 Å². The Labute approximate surface area is 185 Å². The van der Waals surface area contributed by atoms with E-state index in [1.807, 2.05) is 42.5 Å². The molecular weight excluding hydrogens is 414 g/mol. The molecule has 0 bridgehead atoms. The molecule has 2 aliphatic heterocycles. The van der Waals surface area contributed by atoms with Crippen molar-refractivity contribution >= 4 is 34.3 Å². The Morgan fingerprint density at radius 1 is 1.16 bits per heavy atom. The Kier molecular flexibility index (Phi) is 5.20. The van der Waals surface area contributed by atoms with Crippen molar-refractivity contribution in [3.63, 3.8) is 0 Å². The number of aromatic nitrogens is 1. The minimum Gasteiger partial charge on any atom is -0.385 e. The van der Waals surface area contributed by atoms with Crippen LogP contribution in [0.15, 0.2) is 48.5 Å². The van der Waals surface area contributed by atoms with Crippen LogP contribution in [0.3, 0.4) is 0 Å². The molecule has 0 spiro atoms. The molecule has 0 radical (unpaired) electrons. The van der Waals surface area contributed by atoms with Gasteiger partial charge < -0.3 is 19.5 Å². The summed E-state index contributed by atoms with van der Waals surface area (Å²) in [6.45, 7) is 1.17. The molecule has 1 aromatic heterocycles. The Morgan fingerprint density at radius 2 is 2.00 bits per heavy atom. The van der Waals surface area contributed by atoms with Gasteiger partial charge in [-0.3, -0.25) is 9.59 Å². The van der Waals surface area contributed by atoms with Crippen LogP contribution in [0.25, 0.3) is 10.9 Å². The highest BCUT2D eigenvalue weighted by molar-refractivity contribution is 6.30. The number of benzene rings is 2. The van der Waals surface area contributed by atoms with E-state index in [-0.39, 0.29) is 24.4 Å². The summed E-state index contributed by atoms with van der Waals surface area (Å²) in [5.74, 6) is -0.0463. The highest BCUT2D eigenvalue weighted by Gasteiger charge is 2.48. The molecule has 160 valence electrons. The first-order valence-electron chi connectivity index (χ1n) is 10.5. The monoisotopic (exact) mass is 437 g/mol. The maximum Gasteiger partial charge on any atom is 0.246 e. The van der Waals surface area contributed by atoms with Crippen molar-refractivity contribution in [2.45, 2.75) is 24.9 Å². The first-order valence-corrected chi connectivity index (χ1v) is 10.9. The zero-order chi connectivity index (χ0) is 21.5. The summed E-state index contributed by atoms with van der Waals surface area (Å²) >= 11 is 6.30. The average Bonchev–Trinajstić information content (AvgIpc) is 3.14. The normalized spacial score (nSPS) is 20.8. The highest BCUT2D eigenvalue weighted by atomic mass is 35.5. The van der Waals surface area contributed by atoms with E-state index in [0.29, 0.717) is 31.0 Å². The molecule has 0 saturated carbocycles. The van der Waals surface area contributed by atoms with Crippen LogP contribution in [-0.4, -0.2) is 59.4 Å². The van der Waals surface area contributed by atoms with E-state index in [1.54, 1.807) is 16.9 Å². The summed E-state index contributed by atoms with van der Waals surface area (Å²) in [6, 6.07) is 14.7. The summed E-state index contributed by atoms with van der Waals surface area (Å²) in [6.07, 6.45) is 1.21. The van der Waals surface area contributed by atoms with Gasteiger partial charge in [0, 0.05) is 48.3 Å². The molecule has 2 amide bonds. The zero-order valence-corrected chi connectivity index (χ0v) is 18.1. The summed E-state index contributed by atoms with van der Waals surface area (Å²) in [5.41, 5.74) is 3.98. The second-order valence-electron chi connectivity index (χ2n) is 8.15. The lowest BCUT2D eigenvalue weighted by Crippen LogP contribution is -2.63. The van der Waals surface area contributed by atoms with Crippen LogP contribution in [0.1, 0.15) is 29.3 Å². The largest absolute Gasteiger partial charge is 0.385 e. The topological polar surface area (TPSA) is 65.6 Å². The molecule has 31 heavy (non-hydrogen) atoms. The Bertz CT molecular complexity index is 1160. The summed E-state index contributed by atoms with van der Waals surface area (Å²) in [5, 5.41) is 1.70. The van der Waals surface area contributed by atoms with Gasteiger partial charge >= 0.3 is 0 Å². The van der Waals surface area contributed by atoms with E-state index in [2.05, 4.69) is 11.1 Å². The second kappa shape index (κ2) is 8.02. The first-order chi connectivity index (χ1) is 15.1. The number of H-pyrrole nitrogens is 1. The predicted molar refractivity (Wildman–Crippen MR) is 119 cm³/mol. The van der Waals surface area contributed by atoms with Gasteiger partial charge in [0.2, 0.25) is 11.8 Å². The number of rotatable bonds is 5. The molecule has 5 rings (SSSR count). The number of nitrogens with zero attached hydrogens (tertiary/aromatic N) is 2. The average molecular weight is 438 g/mol. The summed E-state index contributed by atoms with van der Waals surface area (Å²) in [4.78, 5) is 33.8. The molecule has 1 N–H and O–H groups in total. The first kappa shape index (κ1) is 20.1. The van der Waals surface area contributed by atoms with Crippen LogP contribution in [0.4, 0.5) is 0 Å². The van der Waals surface area contributed by atoms with Crippen molar-refractivity contribution in [3.8, 4) is 0 Å². The quantitative estimate of drug-likeness (QED) is 0.621.